The van der Waals surface area contributed by atoms with Crippen molar-refractivity contribution >= 4 is 23.4 Å². The highest BCUT2D eigenvalue weighted by atomic mass is 19.1. The molecule has 0 saturated heterocycles. The van der Waals surface area contributed by atoms with Crippen LogP contribution in [-0.4, -0.2) is 45.8 Å². The average molecular weight is 445 g/mol. The molecule has 0 spiro atoms. The fourth-order valence-electron chi connectivity index (χ4n) is 3.66. The Morgan fingerprint density at radius 1 is 1.12 bits per heavy atom. The van der Waals surface area contributed by atoms with Gasteiger partial charge in [-0.05, 0) is 13.8 Å². The first kappa shape index (κ1) is 21.6. The van der Waals surface area contributed by atoms with E-state index in [0.717, 1.165) is 5.56 Å². The van der Waals surface area contributed by atoms with Crippen molar-refractivity contribution in [2.75, 3.05) is 29.2 Å². The first-order valence-corrected chi connectivity index (χ1v) is 9.93. The zero-order valence-electron chi connectivity index (χ0n) is 18.0. The topological polar surface area (TPSA) is 79.2 Å². The predicted octanol–water partition coefficient (Wildman–Crippen LogP) is 2.86. The Labute approximate surface area is 182 Å². The van der Waals surface area contributed by atoms with Gasteiger partial charge < -0.3 is 15.1 Å². The van der Waals surface area contributed by atoms with Gasteiger partial charge in [-0.25, -0.2) is 18.2 Å². The number of aryl methyl sites for hydroxylation is 1. The van der Waals surface area contributed by atoms with Gasteiger partial charge in [-0.15, -0.1) is 0 Å². The van der Waals surface area contributed by atoms with E-state index in [9.17, 15) is 18.0 Å². The lowest BCUT2D eigenvalue weighted by Crippen LogP contribution is -2.49. The molecule has 32 heavy (non-hydrogen) atoms. The quantitative estimate of drug-likeness (QED) is 0.651. The van der Waals surface area contributed by atoms with E-state index in [4.69, 9.17) is 0 Å². The lowest BCUT2D eigenvalue weighted by atomic mass is 10.1. The van der Waals surface area contributed by atoms with E-state index in [-0.39, 0.29) is 24.1 Å². The maximum Gasteiger partial charge on any atom is 0.249 e. The van der Waals surface area contributed by atoms with Crippen molar-refractivity contribution in [3.63, 3.8) is 0 Å². The van der Waals surface area contributed by atoms with Gasteiger partial charge in [-0.1, -0.05) is 0 Å². The number of anilines is 3. The summed E-state index contributed by atoms with van der Waals surface area (Å²) in [5.74, 6) is -1.90. The molecule has 1 aliphatic heterocycles. The minimum absolute atomic E-state index is 0.0335. The van der Waals surface area contributed by atoms with Crippen LogP contribution < -0.4 is 15.1 Å². The van der Waals surface area contributed by atoms with Gasteiger partial charge >= 0.3 is 0 Å². The molecule has 2 aromatic heterocycles. The van der Waals surface area contributed by atoms with Crippen LogP contribution in [0.5, 0.6) is 0 Å². The van der Waals surface area contributed by atoms with Crippen LogP contribution in [0, 0.1) is 24.4 Å². The fraction of sp³-hybridized carbons (Fsp3) is 0.333. The number of amides is 1. The summed E-state index contributed by atoms with van der Waals surface area (Å²) in [5.41, 5.74) is 1.79. The summed E-state index contributed by atoms with van der Waals surface area (Å²) in [6.07, 6.45) is 3.18. The summed E-state index contributed by atoms with van der Waals surface area (Å²) in [6, 6.07) is 0.937. The molecule has 0 fully saturated rings. The van der Waals surface area contributed by atoms with Gasteiger partial charge in [0.15, 0.2) is 5.82 Å². The van der Waals surface area contributed by atoms with E-state index in [2.05, 4.69) is 20.4 Å². The van der Waals surface area contributed by atoms with Crippen molar-refractivity contribution < 1.29 is 18.0 Å². The molecule has 3 heterocycles. The normalized spacial score (nSPS) is 15.8. The lowest BCUT2D eigenvalue weighted by molar-refractivity contribution is -0.119. The maximum absolute atomic E-state index is 13.9. The molecule has 3 aromatic rings. The van der Waals surface area contributed by atoms with Gasteiger partial charge in [0.05, 0.1) is 18.4 Å². The molecule has 0 saturated carbocycles. The molecule has 1 amide bonds. The molecule has 4 rings (SSSR count). The average Bonchev–Trinajstić information content (AvgIpc) is 3.19. The predicted molar refractivity (Wildman–Crippen MR) is 113 cm³/mol. The summed E-state index contributed by atoms with van der Waals surface area (Å²) in [7, 11) is 3.51. The first-order valence-electron chi connectivity index (χ1n) is 9.93. The molecule has 8 nitrogen and oxygen atoms in total. The SMILES string of the molecule is Cc1nc(NCc2cnn(Cc3c(F)cc(F)cc3F)c2)nc2c1N(C)C(=O)[C@H](C)N2C. The first-order chi connectivity index (χ1) is 15.2. The van der Waals surface area contributed by atoms with Gasteiger partial charge in [0.2, 0.25) is 11.9 Å². The van der Waals surface area contributed by atoms with E-state index >= 15 is 0 Å². The molecule has 0 aliphatic carbocycles. The van der Waals surface area contributed by atoms with Crippen molar-refractivity contribution in [2.24, 2.45) is 0 Å². The number of fused-ring (bicyclic) bond motifs is 1. The number of carbonyl (C=O) groups is 1. The van der Waals surface area contributed by atoms with Crippen LogP contribution >= 0.6 is 0 Å². The Kier molecular flexibility index (Phi) is 5.49. The number of nitrogens with zero attached hydrogens (tertiary/aromatic N) is 6. The zero-order valence-corrected chi connectivity index (χ0v) is 18.0. The van der Waals surface area contributed by atoms with Crippen molar-refractivity contribution in [1.29, 1.82) is 0 Å². The van der Waals surface area contributed by atoms with Crippen molar-refractivity contribution in [3.05, 3.63) is 58.8 Å². The highest BCUT2D eigenvalue weighted by molar-refractivity contribution is 6.04. The van der Waals surface area contributed by atoms with Crippen molar-refractivity contribution in [3.8, 4) is 0 Å². The standard InChI is InChI=1S/C21H22F3N7O/c1-11-18-19(29(3)12(2)20(32)30(18)4)28-21(27-11)25-7-13-8-26-31(9-13)10-15-16(23)5-14(22)6-17(15)24/h5-6,8-9,12H,7,10H2,1-4H3,(H,25,27,28)/t12-/m0/s1. The fourth-order valence-corrected chi connectivity index (χ4v) is 3.66. The number of hydrogen-bond acceptors (Lipinski definition) is 6. The van der Waals surface area contributed by atoms with E-state index in [1.807, 2.05) is 20.9 Å². The van der Waals surface area contributed by atoms with Crippen molar-refractivity contribution in [1.82, 2.24) is 19.7 Å². The second-order valence-electron chi connectivity index (χ2n) is 7.74. The number of halogens is 3. The second kappa shape index (κ2) is 8.13. The van der Waals surface area contributed by atoms with Gasteiger partial charge in [0.25, 0.3) is 0 Å². The summed E-state index contributed by atoms with van der Waals surface area (Å²) in [5, 5.41) is 7.23. The van der Waals surface area contributed by atoms with Gasteiger partial charge in [-0.3, -0.25) is 9.48 Å². The monoisotopic (exact) mass is 445 g/mol. The smallest absolute Gasteiger partial charge is 0.249 e. The van der Waals surface area contributed by atoms with Crippen LogP contribution in [0.1, 0.15) is 23.7 Å². The molecular formula is C21H22F3N7O. The molecule has 0 bridgehead atoms. The summed E-state index contributed by atoms with van der Waals surface area (Å²) >= 11 is 0. The molecular weight excluding hydrogens is 423 g/mol. The Morgan fingerprint density at radius 2 is 1.81 bits per heavy atom. The largest absolute Gasteiger partial charge is 0.350 e. The minimum Gasteiger partial charge on any atom is -0.350 e. The third-order valence-corrected chi connectivity index (χ3v) is 5.54. The molecule has 1 aliphatic rings. The molecule has 1 aromatic carbocycles. The zero-order chi connectivity index (χ0) is 23.2. The van der Waals surface area contributed by atoms with E-state index in [1.165, 1.54) is 4.68 Å². The van der Waals surface area contributed by atoms with Crippen LogP contribution in [0.3, 0.4) is 0 Å². The van der Waals surface area contributed by atoms with Crippen LogP contribution in [0.15, 0.2) is 24.5 Å². The molecule has 1 atom stereocenters. The summed E-state index contributed by atoms with van der Waals surface area (Å²) < 4.78 is 42.2. The number of benzene rings is 1. The van der Waals surface area contributed by atoms with E-state index in [0.29, 0.717) is 41.8 Å². The van der Waals surface area contributed by atoms with Gasteiger partial charge in [-0.2, -0.15) is 10.1 Å². The number of likely N-dealkylation sites (N-methyl/N-ethyl adjacent to an activating group) is 2. The highest BCUT2D eigenvalue weighted by Gasteiger charge is 2.34. The number of aromatic nitrogens is 4. The van der Waals surface area contributed by atoms with E-state index in [1.54, 1.807) is 29.2 Å². The number of rotatable bonds is 5. The van der Waals surface area contributed by atoms with Crippen LogP contribution in [-0.2, 0) is 17.9 Å². The Hall–Kier alpha value is -3.63. The van der Waals surface area contributed by atoms with Gasteiger partial charge in [0.1, 0.15) is 29.2 Å². The summed E-state index contributed by atoms with van der Waals surface area (Å²) in [4.78, 5) is 24.8. The third-order valence-electron chi connectivity index (χ3n) is 5.54. The van der Waals surface area contributed by atoms with Crippen LogP contribution in [0.2, 0.25) is 0 Å². The molecule has 11 heteroatoms. The van der Waals surface area contributed by atoms with Gasteiger partial charge in [0, 0.05) is 50.1 Å². The van der Waals surface area contributed by atoms with Crippen LogP contribution in [0.25, 0.3) is 0 Å². The number of nitrogens with one attached hydrogen (secondary N) is 1. The molecule has 0 unspecified atom stereocenters. The second-order valence-corrected chi connectivity index (χ2v) is 7.74. The van der Waals surface area contributed by atoms with Crippen molar-refractivity contribution in [2.45, 2.75) is 33.0 Å². The number of carbonyl (C=O) groups excluding carboxylic acids is 1. The lowest BCUT2D eigenvalue weighted by Gasteiger charge is -2.37. The Bertz CT molecular complexity index is 1170. The number of hydrogen-bond donors (Lipinski definition) is 1. The molecule has 1 N–H and O–H groups in total. The summed E-state index contributed by atoms with van der Waals surface area (Å²) in [6.45, 7) is 3.77. The van der Waals surface area contributed by atoms with E-state index < -0.39 is 17.5 Å². The third kappa shape index (κ3) is 3.85. The highest BCUT2D eigenvalue weighted by Crippen LogP contribution is 2.35. The molecule has 0 radical (unpaired) electrons. The molecule has 168 valence electrons. The Morgan fingerprint density at radius 3 is 2.50 bits per heavy atom. The Balaban J connectivity index is 1.49. The maximum atomic E-state index is 13.9. The minimum atomic E-state index is -0.968. The van der Waals surface area contributed by atoms with Crippen LogP contribution in [0.4, 0.5) is 30.6 Å².